The molecule has 4 rings (SSSR count). The molecule has 4 heterocycles. The number of aromatic nitrogens is 4. The molecule has 0 radical (unpaired) electrons. The van der Waals surface area contributed by atoms with Crippen molar-refractivity contribution in [1.29, 1.82) is 0 Å². The largest absolute Gasteiger partial charge is 0.376 e. The quantitative estimate of drug-likeness (QED) is 0.746. The molecule has 128 valence electrons. The molecule has 0 spiro atoms. The van der Waals surface area contributed by atoms with E-state index >= 15 is 0 Å². The zero-order valence-electron chi connectivity index (χ0n) is 13.2. The number of rotatable bonds is 5. The van der Waals surface area contributed by atoms with Crippen LogP contribution in [0.15, 0.2) is 34.4 Å². The predicted octanol–water partition coefficient (Wildman–Crippen LogP) is 2.16. The number of thiazole rings is 1. The molecule has 0 saturated carbocycles. The summed E-state index contributed by atoms with van der Waals surface area (Å²) in [5.41, 5.74) is 1.23. The molecule has 1 atom stereocenters. The lowest BCUT2D eigenvalue weighted by Crippen LogP contribution is -2.31. The highest BCUT2D eigenvalue weighted by Gasteiger charge is 2.20. The molecule has 1 N–H and O–H groups in total. The molecule has 1 amide bonds. The molecule has 1 fully saturated rings. The minimum atomic E-state index is -0.223. The number of carbonyl (C=O) groups is 1. The summed E-state index contributed by atoms with van der Waals surface area (Å²) in [6.45, 7) is 1.26. The van der Waals surface area contributed by atoms with Crippen LogP contribution in [0.2, 0.25) is 0 Å². The Kier molecular flexibility index (Phi) is 4.49. The Hall–Kier alpha value is -2.65. The van der Waals surface area contributed by atoms with E-state index in [0.29, 0.717) is 23.1 Å². The standard InChI is InChI=1S/C16H15N5O3S/c22-14(18-8-11-4-2-6-23-11)16-19-12(9-25-16)15-20-13(21-24-15)10-3-1-5-17-7-10/h1,3,5,7,9,11H,2,4,6,8H2,(H,18,22). The van der Waals surface area contributed by atoms with Crippen LogP contribution in [0.1, 0.15) is 22.6 Å². The minimum Gasteiger partial charge on any atom is -0.376 e. The predicted molar refractivity (Wildman–Crippen MR) is 89.9 cm³/mol. The summed E-state index contributed by atoms with van der Waals surface area (Å²) in [7, 11) is 0. The van der Waals surface area contributed by atoms with Crippen LogP contribution in [0.4, 0.5) is 0 Å². The van der Waals surface area contributed by atoms with E-state index in [4.69, 9.17) is 9.26 Å². The highest BCUT2D eigenvalue weighted by molar-refractivity contribution is 7.12. The third-order valence-electron chi connectivity index (χ3n) is 3.78. The zero-order chi connectivity index (χ0) is 17.1. The first kappa shape index (κ1) is 15.9. The van der Waals surface area contributed by atoms with E-state index in [1.165, 1.54) is 11.3 Å². The molecule has 8 nitrogen and oxygen atoms in total. The second-order valence-corrected chi connectivity index (χ2v) is 6.41. The Labute approximate surface area is 147 Å². The molecule has 3 aromatic heterocycles. The molecule has 0 aromatic carbocycles. The second kappa shape index (κ2) is 7.08. The van der Waals surface area contributed by atoms with Gasteiger partial charge in [0.15, 0.2) is 5.01 Å². The average molecular weight is 357 g/mol. The fourth-order valence-corrected chi connectivity index (χ4v) is 3.21. The minimum absolute atomic E-state index is 0.0985. The molecule has 1 unspecified atom stereocenters. The third-order valence-corrected chi connectivity index (χ3v) is 4.62. The van der Waals surface area contributed by atoms with Gasteiger partial charge in [-0.15, -0.1) is 11.3 Å². The zero-order valence-corrected chi connectivity index (χ0v) is 14.0. The van der Waals surface area contributed by atoms with Crippen LogP contribution >= 0.6 is 11.3 Å². The number of ether oxygens (including phenoxy) is 1. The van der Waals surface area contributed by atoms with E-state index in [0.717, 1.165) is 25.0 Å². The topological polar surface area (TPSA) is 103 Å². The third kappa shape index (κ3) is 3.57. The molecule has 0 aliphatic carbocycles. The van der Waals surface area contributed by atoms with Gasteiger partial charge in [0, 0.05) is 36.5 Å². The lowest BCUT2D eigenvalue weighted by molar-refractivity contribution is 0.0857. The first-order chi connectivity index (χ1) is 12.3. The van der Waals surface area contributed by atoms with Gasteiger partial charge in [0.25, 0.3) is 11.8 Å². The van der Waals surface area contributed by atoms with Crippen molar-refractivity contribution in [2.75, 3.05) is 13.2 Å². The van der Waals surface area contributed by atoms with Gasteiger partial charge < -0.3 is 14.6 Å². The van der Waals surface area contributed by atoms with Gasteiger partial charge in [0.05, 0.1) is 6.10 Å². The number of nitrogens with zero attached hydrogens (tertiary/aromatic N) is 4. The normalized spacial score (nSPS) is 16.9. The van der Waals surface area contributed by atoms with E-state index in [1.54, 1.807) is 23.8 Å². The Morgan fingerprint density at radius 3 is 3.16 bits per heavy atom. The highest BCUT2D eigenvalue weighted by Crippen LogP contribution is 2.23. The molecule has 0 bridgehead atoms. The van der Waals surface area contributed by atoms with Gasteiger partial charge in [-0.05, 0) is 25.0 Å². The van der Waals surface area contributed by atoms with Crippen molar-refractivity contribution < 1.29 is 14.1 Å². The summed E-state index contributed by atoms with van der Waals surface area (Å²) in [6.07, 6.45) is 5.44. The Morgan fingerprint density at radius 2 is 2.36 bits per heavy atom. The van der Waals surface area contributed by atoms with E-state index < -0.39 is 0 Å². The number of nitrogens with one attached hydrogen (secondary N) is 1. The van der Waals surface area contributed by atoms with Crippen molar-refractivity contribution in [1.82, 2.24) is 25.4 Å². The van der Waals surface area contributed by atoms with E-state index in [9.17, 15) is 4.79 Å². The SMILES string of the molecule is O=C(NCC1CCCO1)c1nc(-c2nc(-c3cccnc3)no2)cs1. The van der Waals surface area contributed by atoms with Gasteiger partial charge in [-0.2, -0.15) is 4.98 Å². The maximum absolute atomic E-state index is 12.2. The fraction of sp³-hybridized carbons (Fsp3) is 0.312. The van der Waals surface area contributed by atoms with Crippen LogP contribution in [0.25, 0.3) is 23.0 Å². The van der Waals surface area contributed by atoms with Gasteiger partial charge in [-0.25, -0.2) is 4.98 Å². The van der Waals surface area contributed by atoms with Crippen LogP contribution in [0.3, 0.4) is 0 Å². The Balaban J connectivity index is 1.44. The molecule has 1 aliphatic rings. The van der Waals surface area contributed by atoms with Crippen LogP contribution in [0, 0.1) is 0 Å². The number of carbonyl (C=O) groups excluding carboxylic acids is 1. The van der Waals surface area contributed by atoms with Gasteiger partial charge in [0.2, 0.25) is 5.82 Å². The van der Waals surface area contributed by atoms with Gasteiger partial charge in [0.1, 0.15) is 5.69 Å². The van der Waals surface area contributed by atoms with Crippen LogP contribution in [-0.2, 0) is 4.74 Å². The molecule has 9 heteroatoms. The summed E-state index contributed by atoms with van der Waals surface area (Å²) < 4.78 is 10.7. The smallest absolute Gasteiger partial charge is 0.280 e. The first-order valence-electron chi connectivity index (χ1n) is 7.89. The van der Waals surface area contributed by atoms with Gasteiger partial charge in [-0.3, -0.25) is 9.78 Å². The van der Waals surface area contributed by atoms with E-state index in [-0.39, 0.29) is 17.9 Å². The molecule has 25 heavy (non-hydrogen) atoms. The van der Waals surface area contributed by atoms with Crippen molar-refractivity contribution in [3.63, 3.8) is 0 Å². The lowest BCUT2D eigenvalue weighted by Gasteiger charge is -2.09. The molecular weight excluding hydrogens is 342 g/mol. The maximum atomic E-state index is 12.2. The Bertz CT molecular complexity index is 858. The number of pyridine rings is 1. The second-order valence-electron chi connectivity index (χ2n) is 5.55. The molecule has 3 aromatic rings. The lowest BCUT2D eigenvalue weighted by atomic mass is 10.2. The van der Waals surface area contributed by atoms with Crippen molar-refractivity contribution in [2.24, 2.45) is 0 Å². The number of hydrogen-bond acceptors (Lipinski definition) is 8. The molecule has 1 aliphatic heterocycles. The fourth-order valence-electron chi connectivity index (χ4n) is 2.50. The van der Waals surface area contributed by atoms with E-state index in [2.05, 4.69) is 25.4 Å². The van der Waals surface area contributed by atoms with Gasteiger partial charge >= 0.3 is 0 Å². The van der Waals surface area contributed by atoms with E-state index in [1.807, 2.05) is 6.07 Å². The maximum Gasteiger partial charge on any atom is 0.280 e. The van der Waals surface area contributed by atoms with Crippen molar-refractivity contribution in [3.05, 3.63) is 34.9 Å². The van der Waals surface area contributed by atoms with Crippen LogP contribution in [0.5, 0.6) is 0 Å². The Morgan fingerprint density at radius 1 is 1.40 bits per heavy atom. The summed E-state index contributed by atoms with van der Waals surface area (Å²) >= 11 is 1.24. The van der Waals surface area contributed by atoms with Crippen LogP contribution < -0.4 is 5.32 Å². The monoisotopic (exact) mass is 357 g/mol. The summed E-state index contributed by atoms with van der Waals surface area (Å²) in [5, 5.41) is 8.85. The first-order valence-corrected chi connectivity index (χ1v) is 8.77. The van der Waals surface area contributed by atoms with Crippen LogP contribution in [-0.4, -0.2) is 45.3 Å². The number of amides is 1. The summed E-state index contributed by atoms with van der Waals surface area (Å²) in [4.78, 5) is 24.8. The summed E-state index contributed by atoms with van der Waals surface area (Å²) in [6, 6.07) is 3.64. The van der Waals surface area contributed by atoms with Gasteiger partial charge in [-0.1, -0.05) is 5.16 Å². The van der Waals surface area contributed by atoms with Crippen molar-refractivity contribution in [2.45, 2.75) is 18.9 Å². The molecule has 1 saturated heterocycles. The highest BCUT2D eigenvalue weighted by atomic mass is 32.1. The molecular formula is C16H15N5O3S. The number of hydrogen-bond donors (Lipinski definition) is 1. The van der Waals surface area contributed by atoms with Crippen molar-refractivity contribution in [3.8, 4) is 23.0 Å². The summed E-state index contributed by atoms with van der Waals surface area (Å²) in [5.74, 6) is 0.479. The van der Waals surface area contributed by atoms with Crippen molar-refractivity contribution >= 4 is 17.2 Å². The average Bonchev–Trinajstić information content (AvgIpc) is 3.41.